The Bertz CT molecular complexity index is 607. The summed E-state index contributed by atoms with van der Waals surface area (Å²) in [7, 11) is 1.55. The molecule has 21 heavy (non-hydrogen) atoms. The van der Waals surface area contributed by atoms with E-state index in [1.54, 1.807) is 31.4 Å². The molecule has 0 aliphatic heterocycles. The van der Waals surface area contributed by atoms with Gasteiger partial charge in [-0.05, 0) is 35.7 Å². The van der Waals surface area contributed by atoms with E-state index in [0.29, 0.717) is 11.3 Å². The second-order valence-corrected chi connectivity index (χ2v) is 5.35. The zero-order valence-corrected chi connectivity index (χ0v) is 12.2. The molecular weight excluding hydrogens is 290 g/mol. The average Bonchev–Trinajstić information content (AvgIpc) is 3.00. The molecule has 2 rings (SSSR count). The largest absolute Gasteiger partial charge is 0.497 e. The molecule has 6 heteroatoms. The minimum Gasteiger partial charge on any atom is -0.497 e. The number of methoxy groups -OCH3 is 1. The molecule has 2 aromatic rings. The van der Waals surface area contributed by atoms with Crippen LogP contribution in [0.5, 0.6) is 5.75 Å². The molecule has 1 atom stereocenters. The SMILES string of the molecule is COc1ccc(C(=O)NC(CC(=O)O)c2cccs2)cc1. The lowest BCUT2D eigenvalue weighted by Gasteiger charge is -2.15. The quantitative estimate of drug-likeness (QED) is 0.860. The number of hydrogen-bond acceptors (Lipinski definition) is 4. The highest BCUT2D eigenvalue weighted by atomic mass is 32.1. The van der Waals surface area contributed by atoms with E-state index in [2.05, 4.69) is 5.32 Å². The summed E-state index contributed by atoms with van der Waals surface area (Å²) in [4.78, 5) is 24.0. The maximum absolute atomic E-state index is 12.2. The number of aliphatic carboxylic acids is 1. The molecule has 1 unspecified atom stereocenters. The van der Waals surface area contributed by atoms with Gasteiger partial charge < -0.3 is 15.2 Å². The van der Waals surface area contributed by atoms with E-state index in [-0.39, 0.29) is 12.3 Å². The Kier molecular flexibility index (Phi) is 4.94. The average molecular weight is 305 g/mol. The lowest BCUT2D eigenvalue weighted by Crippen LogP contribution is -2.29. The summed E-state index contributed by atoms with van der Waals surface area (Å²) in [5.74, 6) is -0.604. The number of rotatable bonds is 6. The minimum absolute atomic E-state index is 0.150. The molecule has 0 bridgehead atoms. The van der Waals surface area contributed by atoms with Crippen LogP contribution >= 0.6 is 11.3 Å². The van der Waals surface area contributed by atoms with Gasteiger partial charge in [0.15, 0.2) is 0 Å². The van der Waals surface area contributed by atoms with Crippen LogP contribution in [-0.4, -0.2) is 24.1 Å². The van der Waals surface area contributed by atoms with Crippen LogP contribution in [0.15, 0.2) is 41.8 Å². The topological polar surface area (TPSA) is 75.6 Å². The van der Waals surface area contributed by atoms with Gasteiger partial charge in [-0.2, -0.15) is 0 Å². The van der Waals surface area contributed by atoms with Gasteiger partial charge >= 0.3 is 5.97 Å². The number of carbonyl (C=O) groups is 2. The number of carbonyl (C=O) groups excluding carboxylic acids is 1. The van der Waals surface area contributed by atoms with Crippen molar-refractivity contribution in [3.63, 3.8) is 0 Å². The number of amides is 1. The van der Waals surface area contributed by atoms with E-state index in [4.69, 9.17) is 9.84 Å². The van der Waals surface area contributed by atoms with Crippen molar-refractivity contribution in [1.82, 2.24) is 5.32 Å². The molecule has 5 nitrogen and oxygen atoms in total. The van der Waals surface area contributed by atoms with Gasteiger partial charge in [0, 0.05) is 10.4 Å². The van der Waals surface area contributed by atoms with Crippen LogP contribution < -0.4 is 10.1 Å². The normalized spacial score (nSPS) is 11.7. The number of nitrogens with one attached hydrogen (secondary N) is 1. The molecule has 0 aliphatic carbocycles. The molecule has 0 radical (unpaired) electrons. The molecule has 0 aliphatic rings. The lowest BCUT2D eigenvalue weighted by atomic mass is 10.1. The number of carboxylic acid groups (broad SMARTS) is 1. The predicted molar refractivity (Wildman–Crippen MR) is 79.8 cm³/mol. The third kappa shape index (κ3) is 4.06. The second-order valence-electron chi connectivity index (χ2n) is 4.37. The highest BCUT2D eigenvalue weighted by molar-refractivity contribution is 7.10. The van der Waals surface area contributed by atoms with E-state index >= 15 is 0 Å². The van der Waals surface area contributed by atoms with Gasteiger partial charge in [0.2, 0.25) is 0 Å². The van der Waals surface area contributed by atoms with Gasteiger partial charge in [-0.3, -0.25) is 9.59 Å². The number of hydrogen-bond donors (Lipinski definition) is 2. The third-order valence-electron chi connectivity index (χ3n) is 2.92. The highest BCUT2D eigenvalue weighted by Crippen LogP contribution is 2.22. The Morgan fingerprint density at radius 3 is 2.52 bits per heavy atom. The minimum atomic E-state index is -0.955. The highest BCUT2D eigenvalue weighted by Gasteiger charge is 2.19. The zero-order chi connectivity index (χ0) is 15.2. The van der Waals surface area contributed by atoms with Crippen LogP contribution in [0, 0.1) is 0 Å². The number of ether oxygens (including phenoxy) is 1. The Morgan fingerprint density at radius 2 is 2.00 bits per heavy atom. The van der Waals surface area contributed by atoms with Crippen LogP contribution in [0.1, 0.15) is 27.7 Å². The lowest BCUT2D eigenvalue weighted by molar-refractivity contribution is -0.137. The Balaban J connectivity index is 2.11. The number of benzene rings is 1. The molecule has 1 heterocycles. The van der Waals surface area contributed by atoms with E-state index in [9.17, 15) is 9.59 Å². The van der Waals surface area contributed by atoms with Crippen molar-refractivity contribution in [1.29, 1.82) is 0 Å². The Hall–Kier alpha value is -2.34. The molecule has 0 fully saturated rings. The summed E-state index contributed by atoms with van der Waals surface area (Å²) < 4.78 is 5.03. The van der Waals surface area contributed by atoms with Crippen molar-refractivity contribution in [2.45, 2.75) is 12.5 Å². The van der Waals surface area contributed by atoms with Crippen molar-refractivity contribution in [2.24, 2.45) is 0 Å². The smallest absolute Gasteiger partial charge is 0.305 e. The van der Waals surface area contributed by atoms with Gasteiger partial charge in [0.1, 0.15) is 5.75 Å². The monoisotopic (exact) mass is 305 g/mol. The first-order chi connectivity index (χ1) is 10.1. The van der Waals surface area contributed by atoms with Crippen LogP contribution in [0.4, 0.5) is 0 Å². The first-order valence-corrected chi connectivity index (χ1v) is 7.18. The molecule has 2 N–H and O–H groups in total. The molecule has 0 saturated carbocycles. The van der Waals surface area contributed by atoms with Crippen LogP contribution in [0.2, 0.25) is 0 Å². The first kappa shape index (κ1) is 15.1. The molecule has 1 aromatic carbocycles. The summed E-state index contributed by atoms with van der Waals surface area (Å²) in [6.45, 7) is 0. The molecule has 0 saturated heterocycles. The Morgan fingerprint density at radius 1 is 1.29 bits per heavy atom. The van der Waals surface area contributed by atoms with Gasteiger partial charge in [0.25, 0.3) is 5.91 Å². The van der Waals surface area contributed by atoms with Crippen LogP contribution in [0.25, 0.3) is 0 Å². The first-order valence-electron chi connectivity index (χ1n) is 6.30. The van der Waals surface area contributed by atoms with Crippen molar-refractivity contribution in [3.8, 4) is 5.75 Å². The van der Waals surface area contributed by atoms with Gasteiger partial charge in [-0.15, -0.1) is 11.3 Å². The number of carboxylic acids is 1. The van der Waals surface area contributed by atoms with Crippen molar-refractivity contribution in [2.75, 3.05) is 7.11 Å². The maximum Gasteiger partial charge on any atom is 0.305 e. The van der Waals surface area contributed by atoms with E-state index < -0.39 is 12.0 Å². The Labute approximate surface area is 126 Å². The summed E-state index contributed by atoms with van der Waals surface area (Å²) >= 11 is 1.42. The third-order valence-corrected chi connectivity index (χ3v) is 3.91. The van der Waals surface area contributed by atoms with Gasteiger partial charge in [-0.1, -0.05) is 6.07 Å². The molecular formula is C15H15NO4S. The van der Waals surface area contributed by atoms with Crippen molar-refractivity contribution >= 4 is 23.2 Å². The predicted octanol–water partition coefficient (Wildman–Crippen LogP) is 2.70. The second kappa shape index (κ2) is 6.90. The standard InChI is InChI=1S/C15H15NO4S/c1-20-11-6-4-10(5-7-11)15(19)16-12(9-14(17)18)13-3-2-8-21-13/h2-8,12H,9H2,1H3,(H,16,19)(H,17,18). The fraction of sp³-hybridized carbons (Fsp3) is 0.200. The fourth-order valence-electron chi connectivity index (χ4n) is 1.87. The maximum atomic E-state index is 12.2. The van der Waals surface area contributed by atoms with Gasteiger partial charge in [-0.25, -0.2) is 0 Å². The molecule has 0 spiro atoms. The van der Waals surface area contributed by atoms with E-state index in [1.807, 2.05) is 17.5 Å². The molecule has 1 amide bonds. The summed E-state index contributed by atoms with van der Waals surface area (Å²) in [6, 6.07) is 9.76. The van der Waals surface area contributed by atoms with Crippen LogP contribution in [-0.2, 0) is 4.79 Å². The van der Waals surface area contributed by atoms with E-state index in [1.165, 1.54) is 11.3 Å². The van der Waals surface area contributed by atoms with E-state index in [0.717, 1.165) is 4.88 Å². The fourth-order valence-corrected chi connectivity index (χ4v) is 2.65. The zero-order valence-electron chi connectivity index (χ0n) is 11.4. The van der Waals surface area contributed by atoms with Crippen LogP contribution in [0.3, 0.4) is 0 Å². The summed E-state index contributed by atoms with van der Waals surface area (Å²) in [6.07, 6.45) is -0.150. The summed E-state index contributed by atoms with van der Waals surface area (Å²) in [5.41, 5.74) is 0.461. The molecule has 110 valence electrons. The van der Waals surface area contributed by atoms with Gasteiger partial charge in [0.05, 0.1) is 19.6 Å². The summed E-state index contributed by atoms with van der Waals surface area (Å²) in [5, 5.41) is 13.6. The number of thiophene rings is 1. The molecule has 1 aromatic heterocycles. The van der Waals surface area contributed by atoms with Crippen molar-refractivity contribution < 1.29 is 19.4 Å². The van der Waals surface area contributed by atoms with Crippen molar-refractivity contribution in [3.05, 3.63) is 52.2 Å².